The second kappa shape index (κ2) is 4.11. The molecule has 1 saturated heterocycles. The van der Waals surface area contributed by atoms with Crippen LogP contribution in [0.5, 0.6) is 0 Å². The van der Waals surface area contributed by atoms with Crippen LogP contribution in [0.3, 0.4) is 0 Å². The van der Waals surface area contributed by atoms with E-state index in [0.717, 1.165) is 35.4 Å². The van der Waals surface area contributed by atoms with Crippen molar-refractivity contribution >= 4 is 31.9 Å². The summed E-state index contributed by atoms with van der Waals surface area (Å²) in [4.78, 5) is 4.24. The van der Waals surface area contributed by atoms with Crippen molar-refractivity contribution in [2.24, 2.45) is 0 Å². The SMILES string of the molecule is Brc1cn(C2CCOCC2)c(Br)n1. The molecule has 3 nitrogen and oxygen atoms in total. The zero-order valence-electron chi connectivity index (χ0n) is 7.04. The minimum absolute atomic E-state index is 0.530. The summed E-state index contributed by atoms with van der Waals surface area (Å²) in [5.74, 6) is 0. The molecule has 0 saturated carbocycles. The number of hydrogen-bond donors (Lipinski definition) is 0. The Hall–Kier alpha value is 0.130. The third-order valence-electron chi connectivity index (χ3n) is 2.24. The molecule has 0 radical (unpaired) electrons. The van der Waals surface area contributed by atoms with Crippen molar-refractivity contribution in [3.63, 3.8) is 0 Å². The second-order valence-corrected chi connectivity index (χ2v) is 4.61. The molecule has 1 aliphatic heterocycles. The number of halogens is 2. The van der Waals surface area contributed by atoms with Gasteiger partial charge in [0.25, 0.3) is 0 Å². The second-order valence-electron chi connectivity index (χ2n) is 3.08. The van der Waals surface area contributed by atoms with Gasteiger partial charge in [-0.15, -0.1) is 0 Å². The average molecular weight is 310 g/mol. The molecule has 0 N–H and O–H groups in total. The number of aromatic nitrogens is 2. The number of hydrogen-bond acceptors (Lipinski definition) is 2. The number of nitrogens with zero attached hydrogens (tertiary/aromatic N) is 2. The van der Waals surface area contributed by atoms with Gasteiger partial charge in [-0.05, 0) is 44.7 Å². The van der Waals surface area contributed by atoms with Gasteiger partial charge in [-0.1, -0.05) is 0 Å². The van der Waals surface area contributed by atoms with Crippen LogP contribution >= 0.6 is 31.9 Å². The lowest BCUT2D eigenvalue weighted by Crippen LogP contribution is -2.19. The molecule has 0 bridgehead atoms. The monoisotopic (exact) mass is 308 g/mol. The standard InChI is InChI=1S/C8H10Br2N2O/c9-7-5-12(8(10)11-7)6-1-3-13-4-2-6/h5-6H,1-4H2. The molecule has 0 unspecified atom stereocenters. The Morgan fingerprint density at radius 2 is 2.08 bits per heavy atom. The van der Waals surface area contributed by atoms with Crippen molar-refractivity contribution < 1.29 is 4.74 Å². The maximum atomic E-state index is 5.31. The van der Waals surface area contributed by atoms with E-state index >= 15 is 0 Å². The van der Waals surface area contributed by atoms with E-state index in [1.54, 1.807) is 0 Å². The van der Waals surface area contributed by atoms with E-state index in [1.165, 1.54) is 0 Å². The lowest BCUT2D eigenvalue weighted by atomic mass is 10.1. The van der Waals surface area contributed by atoms with E-state index in [0.29, 0.717) is 6.04 Å². The number of imidazole rings is 1. The Morgan fingerprint density at radius 1 is 1.38 bits per heavy atom. The molecule has 1 aliphatic rings. The largest absolute Gasteiger partial charge is 0.381 e. The molecule has 0 amide bonds. The zero-order valence-corrected chi connectivity index (χ0v) is 10.2. The first kappa shape index (κ1) is 9.68. The van der Waals surface area contributed by atoms with Crippen molar-refractivity contribution in [2.45, 2.75) is 18.9 Å². The van der Waals surface area contributed by atoms with E-state index in [2.05, 4.69) is 41.4 Å². The highest BCUT2D eigenvalue weighted by Gasteiger charge is 2.18. The molecule has 2 rings (SSSR count). The molecule has 2 heterocycles. The molecular formula is C8H10Br2N2O. The van der Waals surface area contributed by atoms with Crippen LogP contribution in [0, 0.1) is 0 Å². The van der Waals surface area contributed by atoms with Gasteiger partial charge in [-0.25, -0.2) is 4.98 Å². The lowest BCUT2D eigenvalue weighted by molar-refractivity contribution is 0.0690. The summed E-state index contributed by atoms with van der Waals surface area (Å²) < 4.78 is 9.24. The Balaban J connectivity index is 2.18. The van der Waals surface area contributed by atoms with Crippen LogP contribution in [0.2, 0.25) is 0 Å². The van der Waals surface area contributed by atoms with Gasteiger partial charge in [0.15, 0.2) is 4.73 Å². The first-order chi connectivity index (χ1) is 6.27. The molecule has 0 aromatic carbocycles. The quantitative estimate of drug-likeness (QED) is 0.797. The predicted octanol–water partition coefficient (Wildman–Crippen LogP) is 2.76. The Morgan fingerprint density at radius 3 is 2.62 bits per heavy atom. The molecular weight excluding hydrogens is 300 g/mol. The summed E-state index contributed by atoms with van der Waals surface area (Å²) in [5.41, 5.74) is 0. The fourth-order valence-corrected chi connectivity index (χ4v) is 2.77. The van der Waals surface area contributed by atoms with Gasteiger partial charge in [-0.3, -0.25) is 0 Å². The van der Waals surface area contributed by atoms with Gasteiger partial charge >= 0.3 is 0 Å². The first-order valence-electron chi connectivity index (χ1n) is 4.25. The van der Waals surface area contributed by atoms with Gasteiger partial charge < -0.3 is 9.30 Å². The van der Waals surface area contributed by atoms with E-state index < -0.39 is 0 Å². The molecule has 0 aliphatic carbocycles. The lowest BCUT2D eigenvalue weighted by Gasteiger charge is -2.23. The smallest absolute Gasteiger partial charge is 0.178 e. The summed E-state index contributed by atoms with van der Waals surface area (Å²) in [5, 5.41) is 0. The highest BCUT2D eigenvalue weighted by Crippen LogP contribution is 2.26. The molecule has 1 fully saturated rings. The molecule has 72 valence electrons. The third kappa shape index (κ3) is 2.14. The van der Waals surface area contributed by atoms with E-state index in [-0.39, 0.29) is 0 Å². The predicted molar refractivity (Wildman–Crippen MR) is 56.7 cm³/mol. The van der Waals surface area contributed by atoms with Crippen LogP contribution in [0.15, 0.2) is 15.5 Å². The van der Waals surface area contributed by atoms with Crippen LogP contribution in [-0.4, -0.2) is 22.8 Å². The van der Waals surface area contributed by atoms with Crippen molar-refractivity contribution in [1.29, 1.82) is 0 Å². The zero-order chi connectivity index (χ0) is 9.26. The Kier molecular flexibility index (Phi) is 3.06. The molecule has 13 heavy (non-hydrogen) atoms. The van der Waals surface area contributed by atoms with Gasteiger partial charge in [0.05, 0.1) is 0 Å². The highest BCUT2D eigenvalue weighted by molar-refractivity contribution is 9.11. The van der Waals surface area contributed by atoms with Crippen molar-refractivity contribution in [1.82, 2.24) is 9.55 Å². The normalized spacial score (nSPS) is 19.2. The van der Waals surface area contributed by atoms with Gasteiger partial charge in [0, 0.05) is 25.5 Å². The minimum atomic E-state index is 0.530. The van der Waals surface area contributed by atoms with Crippen molar-refractivity contribution in [2.75, 3.05) is 13.2 Å². The van der Waals surface area contributed by atoms with Crippen LogP contribution in [-0.2, 0) is 4.74 Å². The van der Waals surface area contributed by atoms with E-state index in [9.17, 15) is 0 Å². The maximum Gasteiger partial charge on any atom is 0.178 e. The van der Waals surface area contributed by atoms with Gasteiger partial charge in [-0.2, -0.15) is 0 Å². The van der Waals surface area contributed by atoms with Crippen molar-refractivity contribution in [3.8, 4) is 0 Å². The summed E-state index contributed by atoms with van der Waals surface area (Å²) in [7, 11) is 0. The Labute approximate surface area is 93.7 Å². The molecule has 1 aromatic heterocycles. The molecule has 0 atom stereocenters. The average Bonchev–Trinajstić information content (AvgIpc) is 2.47. The van der Waals surface area contributed by atoms with Crippen LogP contribution in [0.1, 0.15) is 18.9 Å². The number of rotatable bonds is 1. The molecule has 1 aromatic rings. The Bertz CT molecular complexity index is 294. The topological polar surface area (TPSA) is 27.1 Å². The van der Waals surface area contributed by atoms with Gasteiger partial charge in [0.2, 0.25) is 0 Å². The van der Waals surface area contributed by atoms with Crippen LogP contribution in [0.25, 0.3) is 0 Å². The summed E-state index contributed by atoms with van der Waals surface area (Å²) in [6.07, 6.45) is 4.16. The number of ether oxygens (including phenoxy) is 1. The summed E-state index contributed by atoms with van der Waals surface area (Å²) in [6, 6.07) is 0.530. The fraction of sp³-hybridized carbons (Fsp3) is 0.625. The molecule has 0 spiro atoms. The molecule has 5 heteroatoms. The third-order valence-corrected chi connectivity index (χ3v) is 3.21. The van der Waals surface area contributed by atoms with E-state index in [1.807, 2.05) is 6.20 Å². The summed E-state index contributed by atoms with van der Waals surface area (Å²) in [6.45, 7) is 1.71. The van der Waals surface area contributed by atoms with Crippen molar-refractivity contribution in [3.05, 3.63) is 15.5 Å². The summed E-state index contributed by atoms with van der Waals surface area (Å²) >= 11 is 6.79. The van der Waals surface area contributed by atoms with E-state index in [4.69, 9.17) is 4.74 Å². The fourth-order valence-electron chi connectivity index (χ4n) is 1.56. The maximum absolute atomic E-state index is 5.31. The highest BCUT2D eigenvalue weighted by atomic mass is 79.9. The van der Waals surface area contributed by atoms with Crippen LogP contribution in [0.4, 0.5) is 0 Å². The van der Waals surface area contributed by atoms with Crippen LogP contribution < -0.4 is 0 Å². The first-order valence-corrected chi connectivity index (χ1v) is 5.83. The van der Waals surface area contributed by atoms with Gasteiger partial charge in [0.1, 0.15) is 4.60 Å². The minimum Gasteiger partial charge on any atom is -0.381 e.